The number of hydrogen-bond donors (Lipinski definition) is 2. The number of methoxy groups -OCH3 is 1. The second-order valence-corrected chi connectivity index (χ2v) is 11.2. The summed E-state index contributed by atoms with van der Waals surface area (Å²) in [5.41, 5.74) is 2.92. The van der Waals surface area contributed by atoms with Gasteiger partial charge in [-0.15, -0.1) is 0 Å². The van der Waals surface area contributed by atoms with E-state index >= 15 is 0 Å². The van der Waals surface area contributed by atoms with Gasteiger partial charge in [0.1, 0.15) is 5.75 Å². The standard InChI is InChI=1S/C32H39N5O4/c1-32(2,3)34-31(40)37-18-16-36(17-19-37)28-15-14-25(33-29(38)24-12-9-13-26(20-24)41-5)21-27(28)30(39)35(4)22-23-10-7-6-8-11-23/h6-15,20-21H,16-19,22H2,1-5H3,(H,33,38)(H,34,40). The highest BCUT2D eigenvalue weighted by Crippen LogP contribution is 2.28. The molecule has 4 amide bonds. The Hall–Kier alpha value is -4.53. The van der Waals surface area contributed by atoms with Gasteiger partial charge in [-0.05, 0) is 62.7 Å². The average Bonchev–Trinajstić information content (AvgIpc) is 2.96. The summed E-state index contributed by atoms with van der Waals surface area (Å²) in [6.07, 6.45) is 0. The van der Waals surface area contributed by atoms with E-state index in [2.05, 4.69) is 15.5 Å². The molecule has 0 spiro atoms. The number of amides is 4. The summed E-state index contributed by atoms with van der Waals surface area (Å²) in [7, 11) is 3.33. The van der Waals surface area contributed by atoms with Gasteiger partial charge in [-0.3, -0.25) is 9.59 Å². The molecule has 1 fully saturated rings. The van der Waals surface area contributed by atoms with E-state index in [1.165, 1.54) is 0 Å². The van der Waals surface area contributed by atoms with Crippen molar-refractivity contribution in [2.75, 3.05) is 50.6 Å². The molecule has 1 saturated heterocycles. The lowest BCUT2D eigenvalue weighted by Crippen LogP contribution is -2.55. The maximum absolute atomic E-state index is 13.8. The van der Waals surface area contributed by atoms with Crippen LogP contribution < -0.4 is 20.3 Å². The first-order valence-electron chi connectivity index (χ1n) is 13.7. The molecule has 9 nitrogen and oxygen atoms in total. The first-order valence-corrected chi connectivity index (χ1v) is 13.7. The van der Waals surface area contributed by atoms with E-state index in [0.717, 1.165) is 11.3 Å². The molecular formula is C32H39N5O4. The van der Waals surface area contributed by atoms with E-state index < -0.39 is 0 Å². The van der Waals surface area contributed by atoms with E-state index in [-0.39, 0.29) is 23.4 Å². The Kier molecular flexibility index (Phi) is 9.17. The predicted molar refractivity (Wildman–Crippen MR) is 162 cm³/mol. The molecule has 2 N–H and O–H groups in total. The molecule has 0 aromatic heterocycles. The van der Waals surface area contributed by atoms with Crippen LogP contribution in [0.3, 0.4) is 0 Å². The minimum Gasteiger partial charge on any atom is -0.497 e. The molecule has 0 unspecified atom stereocenters. The molecule has 9 heteroatoms. The summed E-state index contributed by atoms with van der Waals surface area (Å²) >= 11 is 0. The lowest BCUT2D eigenvalue weighted by molar-refractivity contribution is 0.0785. The largest absolute Gasteiger partial charge is 0.497 e. The van der Waals surface area contributed by atoms with Crippen molar-refractivity contribution in [3.63, 3.8) is 0 Å². The SMILES string of the molecule is COc1cccc(C(=O)Nc2ccc(N3CCN(C(=O)NC(C)(C)C)CC3)c(C(=O)N(C)Cc3ccccc3)c2)c1. The second-order valence-electron chi connectivity index (χ2n) is 11.2. The fraction of sp³-hybridized carbons (Fsp3) is 0.344. The smallest absolute Gasteiger partial charge is 0.317 e. The molecule has 41 heavy (non-hydrogen) atoms. The molecular weight excluding hydrogens is 518 g/mol. The number of nitrogens with one attached hydrogen (secondary N) is 2. The van der Waals surface area contributed by atoms with Gasteiger partial charge in [-0.2, -0.15) is 0 Å². The van der Waals surface area contributed by atoms with Crippen LogP contribution in [0.15, 0.2) is 72.8 Å². The maximum Gasteiger partial charge on any atom is 0.317 e. The summed E-state index contributed by atoms with van der Waals surface area (Å²) in [5, 5.41) is 5.94. The lowest BCUT2D eigenvalue weighted by atomic mass is 10.1. The van der Waals surface area contributed by atoms with Gasteiger partial charge in [0.05, 0.1) is 12.7 Å². The maximum atomic E-state index is 13.8. The van der Waals surface area contributed by atoms with Crippen LogP contribution in [0.2, 0.25) is 0 Å². The van der Waals surface area contributed by atoms with E-state index in [1.54, 1.807) is 60.4 Å². The molecule has 0 radical (unpaired) electrons. The van der Waals surface area contributed by atoms with Gasteiger partial charge in [0.25, 0.3) is 11.8 Å². The van der Waals surface area contributed by atoms with E-state index in [4.69, 9.17) is 4.74 Å². The van der Waals surface area contributed by atoms with Crippen LogP contribution in [0.4, 0.5) is 16.2 Å². The van der Waals surface area contributed by atoms with Crippen molar-refractivity contribution < 1.29 is 19.1 Å². The van der Waals surface area contributed by atoms with Crippen molar-refractivity contribution in [1.82, 2.24) is 15.1 Å². The minimum atomic E-state index is -0.317. The third-order valence-corrected chi connectivity index (χ3v) is 6.82. The van der Waals surface area contributed by atoms with E-state index in [0.29, 0.717) is 55.3 Å². The monoisotopic (exact) mass is 557 g/mol. The quantitative estimate of drug-likeness (QED) is 0.433. The topological polar surface area (TPSA) is 94.2 Å². The Morgan fingerprint density at radius 2 is 1.61 bits per heavy atom. The summed E-state index contributed by atoms with van der Waals surface area (Å²) in [6, 6.07) is 22.0. The van der Waals surface area contributed by atoms with Crippen LogP contribution in [0, 0.1) is 0 Å². The van der Waals surface area contributed by atoms with Crippen molar-refractivity contribution in [2.24, 2.45) is 0 Å². The van der Waals surface area contributed by atoms with Gasteiger partial charge in [0, 0.05) is 62.2 Å². The van der Waals surface area contributed by atoms with Crippen LogP contribution in [0.1, 0.15) is 47.1 Å². The molecule has 1 aliphatic heterocycles. The number of anilines is 2. The molecule has 3 aromatic rings. The third-order valence-electron chi connectivity index (χ3n) is 6.82. The first-order chi connectivity index (χ1) is 19.5. The predicted octanol–water partition coefficient (Wildman–Crippen LogP) is 4.85. The highest BCUT2D eigenvalue weighted by molar-refractivity contribution is 6.06. The van der Waals surface area contributed by atoms with Crippen molar-refractivity contribution in [1.29, 1.82) is 0 Å². The highest BCUT2D eigenvalue weighted by Gasteiger charge is 2.27. The van der Waals surface area contributed by atoms with Crippen molar-refractivity contribution >= 4 is 29.2 Å². The molecule has 0 atom stereocenters. The zero-order valence-corrected chi connectivity index (χ0v) is 24.4. The van der Waals surface area contributed by atoms with Crippen LogP contribution in [-0.2, 0) is 6.54 Å². The number of hydrogen-bond acceptors (Lipinski definition) is 5. The minimum absolute atomic E-state index is 0.0911. The van der Waals surface area contributed by atoms with Crippen LogP contribution in [0.25, 0.3) is 0 Å². The molecule has 0 aliphatic carbocycles. The zero-order valence-electron chi connectivity index (χ0n) is 24.4. The third kappa shape index (κ3) is 7.78. The van der Waals surface area contributed by atoms with Gasteiger partial charge >= 0.3 is 6.03 Å². The number of ether oxygens (including phenoxy) is 1. The highest BCUT2D eigenvalue weighted by atomic mass is 16.5. The number of carbonyl (C=O) groups is 3. The van der Waals surface area contributed by atoms with Gasteiger partial charge in [-0.1, -0.05) is 36.4 Å². The van der Waals surface area contributed by atoms with Gasteiger partial charge in [-0.25, -0.2) is 4.79 Å². The fourth-order valence-electron chi connectivity index (χ4n) is 4.71. The molecule has 0 bridgehead atoms. The van der Waals surface area contributed by atoms with E-state index in [1.807, 2.05) is 57.2 Å². The Bertz CT molecular complexity index is 1380. The summed E-state index contributed by atoms with van der Waals surface area (Å²) < 4.78 is 5.25. The Labute approximate surface area is 242 Å². The molecule has 216 valence electrons. The average molecular weight is 558 g/mol. The molecule has 1 heterocycles. The van der Waals surface area contributed by atoms with Crippen molar-refractivity contribution in [2.45, 2.75) is 32.9 Å². The van der Waals surface area contributed by atoms with E-state index in [9.17, 15) is 14.4 Å². The Morgan fingerprint density at radius 1 is 0.902 bits per heavy atom. The lowest BCUT2D eigenvalue weighted by Gasteiger charge is -2.38. The Balaban J connectivity index is 1.57. The molecule has 3 aromatic carbocycles. The zero-order chi connectivity index (χ0) is 29.6. The summed E-state index contributed by atoms with van der Waals surface area (Å²) in [6.45, 7) is 8.54. The normalized spacial score (nSPS) is 13.4. The molecule has 4 rings (SSSR count). The van der Waals surface area contributed by atoms with Crippen LogP contribution in [0.5, 0.6) is 5.75 Å². The van der Waals surface area contributed by atoms with Crippen molar-refractivity contribution in [3.05, 3.63) is 89.5 Å². The van der Waals surface area contributed by atoms with Gasteiger partial charge in [0.2, 0.25) is 0 Å². The first kappa shape index (κ1) is 29.5. The van der Waals surface area contributed by atoms with Crippen LogP contribution >= 0.6 is 0 Å². The second kappa shape index (κ2) is 12.8. The van der Waals surface area contributed by atoms with Crippen LogP contribution in [-0.4, -0.2) is 73.5 Å². The number of carbonyl (C=O) groups excluding carboxylic acids is 3. The molecule has 1 aliphatic rings. The number of nitrogens with zero attached hydrogens (tertiary/aromatic N) is 3. The number of rotatable bonds is 7. The number of piperazine rings is 1. The number of benzene rings is 3. The van der Waals surface area contributed by atoms with Gasteiger partial charge < -0.3 is 30.1 Å². The summed E-state index contributed by atoms with van der Waals surface area (Å²) in [4.78, 5) is 45.1. The molecule has 0 saturated carbocycles. The van der Waals surface area contributed by atoms with Crippen molar-refractivity contribution in [3.8, 4) is 5.75 Å². The summed E-state index contributed by atoms with van der Waals surface area (Å²) in [5.74, 6) is 0.127. The number of urea groups is 1. The fourth-order valence-corrected chi connectivity index (χ4v) is 4.71. The van der Waals surface area contributed by atoms with Gasteiger partial charge in [0.15, 0.2) is 0 Å². The Morgan fingerprint density at radius 3 is 2.27 bits per heavy atom.